The van der Waals surface area contributed by atoms with E-state index in [1.807, 2.05) is 6.92 Å². The molecule has 0 saturated carbocycles. The van der Waals surface area contributed by atoms with Crippen molar-refractivity contribution in [1.29, 1.82) is 0 Å². The molecule has 1 amide bonds. The van der Waals surface area contributed by atoms with E-state index in [-0.39, 0.29) is 17.2 Å². The van der Waals surface area contributed by atoms with Gasteiger partial charge in [-0.2, -0.15) is 0 Å². The fourth-order valence-electron chi connectivity index (χ4n) is 1.20. The average Bonchev–Trinajstić information content (AvgIpc) is 2.59. The van der Waals surface area contributed by atoms with Gasteiger partial charge >= 0.3 is 5.97 Å². The van der Waals surface area contributed by atoms with Crippen LogP contribution < -0.4 is 10.5 Å². The predicted molar refractivity (Wildman–Crippen MR) is 60.0 cm³/mol. The first-order valence-corrected chi connectivity index (χ1v) is 5.63. The van der Waals surface area contributed by atoms with Gasteiger partial charge in [0.2, 0.25) is 0 Å². The zero-order valence-corrected chi connectivity index (χ0v) is 9.67. The van der Waals surface area contributed by atoms with Crippen LogP contribution in [0.3, 0.4) is 0 Å². The van der Waals surface area contributed by atoms with Crippen LogP contribution >= 0.6 is 11.3 Å². The maximum Gasteiger partial charge on any atom is 0.349 e. The molecule has 0 aliphatic heterocycles. The standard InChI is InChI=1S/C10H13NO4S/c1-2-3-6-4-7(15-5-8(11)12)9(16-6)10(13)14/h4H,2-3,5H2,1H3,(H2,11,12)(H,13,14). The van der Waals surface area contributed by atoms with E-state index >= 15 is 0 Å². The first kappa shape index (κ1) is 12.5. The quantitative estimate of drug-likeness (QED) is 0.787. The van der Waals surface area contributed by atoms with Crippen molar-refractivity contribution >= 4 is 23.2 Å². The second kappa shape index (κ2) is 5.50. The van der Waals surface area contributed by atoms with Crippen molar-refractivity contribution in [3.63, 3.8) is 0 Å². The molecule has 3 N–H and O–H groups in total. The number of hydrogen-bond donors (Lipinski definition) is 2. The Kier molecular flexibility index (Phi) is 4.30. The molecular formula is C10H13NO4S. The Morgan fingerprint density at radius 2 is 2.25 bits per heavy atom. The smallest absolute Gasteiger partial charge is 0.349 e. The van der Waals surface area contributed by atoms with Gasteiger partial charge in [0.25, 0.3) is 5.91 Å². The van der Waals surface area contributed by atoms with Gasteiger partial charge in [-0.25, -0.2) is 4.79 Å². The van der Waals surface area contributed by atoms with E-state index < -0.39 is 11.9 Å². The van der Waals surface area contributed by atoms with Crippen LogP contribution in [0.4, 0.5) is 0 Å². The van der Waals surface area contributed by atoms with Gasteiger partial charge in [-0.05, 0) is 12.5 Å². The minimum Gasteiger partial charge on any atom is -0.482 e. The van der Waals surface area contributed by atoms with Crippen LogP contribution in [0.1, 0.15) is 27.9 Å². The third-order valence-electron chi connectivity index (χ3n) is 1.81. The number of carboxylic acid groups (broad SMARTS) is 1. The first-order valence-electron chi connectivity index (χ1n) is 4.81. The molecule has 1 aromatic heterocycles. The maximum atomic E-state index is 10.9. The highest BCUT2D eigenvalue weighted by molar-refractivity contribution is 7.14. The highest BCUT2D eigenvalue weighted by Gasteiger charge is 2.16. The van der Waals surface area contributed by atoms with E-state index in [4.69, 9.17) is 15.6 Å². The number of aryl methyl sites for hydroxylation is 1. The normalized spacial score (nSPS) is 10.1. The summed E-state index contributed by atoms with van der Waals surface area (Å²) in [5.74, 6) is -1.45. The Morgan fingerprint density at radius 1 is 1.56 bits per heavy atom. The summed E-state index contributed by atoms with van der Waals surface area (Å²) in [5.41, 5.74) is 4.92. The van der Waals surface area contributed by atoms with Crippen LogP contribution in [-0.4, -0.2) is 23.6 Å². The minimum absolute atomic E-state index is 0.115. The van der Waals surface area contributed by atoms with E-state index in [0.29, 0.717) is 0 Å². The van der Waals surface area contributed by atoms with Gasteiger partial charge in [0, 0.05) is 4.88 Å². The van der Waals surface area contributed by atoms with E-state index in [1.54, 1.807) is 6.07 Å². The van der Waals surface area contributed by atoms with E-state index in [2.05, 4.69) is 0 Å². The van der Waals surface area contributed by atoms with Crippen LogP contribution in [-0.2, 0) is 11.2 Å². The molecule has 0 atom stereocenters. The molecule has 88 valence electrons. The molecular weight excluding hydrogens is 230 g/mol. The van der Waals surface area contributed by atoms with E-state index in [9.17, 15) is 9.59 Å². The highest BCUT2D eigenvalue weighted by atomic mass is 32.1. The van der Waals surface area contributed by atoms with Crippen molar-refractivity contribution in [1.82, 2.24) is 0 Å². The van der Waals surface area contributed by atoms with Gasteiger partial charge in [0.05, 0.1) is 0 Å². The average molecular weight is 243 g/mol. The van der Waals surface area contributed by atoms with Crippen LogP contribution in [0.2, 0.25) is 0 Å². The molecule has 0 aromatic carbocycles. The maximum absolute atomic E-state index is 10.9. The molecule has 1 heterocycles. The largest absolute Gasteiger partial charge is 0.482 e. The number of thiophene rings is 1. The predicted octanol–water partition coefficient (Wildman–Crippen LogP) is 1.26. The Labute approximate surface area is 96.8 Å². The molecule has 16 heavy (non-hydrogen) atoms. The van der Waals surface area contributed by atoms with Gasteiger partial charge in [-0.3, -0.25) is 4.79 Å². The summed E-state index contributed by atoms with van der Waals surface area (Å²) < 4.78 is 5.04. The molecule has 0 radical (unpaired) electrons. The number of ether oxygens (including phenoxy) is 1. The molecule has 6 heteroatoms. The van der Waals surface area contributed by atoms with E-state index in [1.165, 1.54) is 11.3 Å². The molecule has 0 bridgehead atoms. The Morgan fingerprint density at radius 3 is 2.75 bits per heavy atom. The van der Waals surface area contributed by atoms with Gasteiger partial charge in [-0.15, -0.1) is 11.3 Å². The number of carbonyl (C=O) groups is 2. The lowest BCUT2D eigenvalue weighted by atomic mass is 10.3. The summed E-state index contributed by atoms with van der Waals surface area (Å²) in [7, 11) is 0. The molecule has 5 nitrogen and oxygen atoms in total. The molecule has 0 fully saturated rings. The Hall–Kier alpha value is -1.56. The number of rotatable bonds is 6. The summed E-state index contributed by atoms with van der Waals surface area (Å²) in [6.07, 6.45) is 1.72. The Balaban J connectivity index is 2.86. The number of carbonyl (C=O) groups excluding carboxylic acids is 1. The summed E-state index contributed by atoms with van der Waals surface area (Å²) in [4.78, 5) is 22.5. The number of carboxylic acids is 1. The fraction of sp³-hybridized carbons (Fsp3) is 0.400. The lowest BCUT2D eigenvalue weighted by molar-refractivity contribution is -0.119. The summed E-state index contributed by atoms with van der Waals surface area (Å²) >= 11 is 1.17. The monoisotopic (exact) mass is 243 g/mol. The number of nitrogens with two attached hydrogens (primary N) is 1. The molecule has 0 spiro atoms. The van der Waals surface area contributed by atoms with Crippen molar-refractivity contribution in [2.24, 2.45) is 5.73 Å². The van der Waals surface area contributed by atoms with Crippen molar-refractivity contribution in [2.45, 2.75) is 19.8 Å². The van der Waals surface area contributed by atoms with Gasteiger partial charge < -0.3 is 15.6 Å². The lowest BCUT2D eigenvalue weighted by Crippen LogP contribution is -2.20. The summed E-state index contributed by atoms with van der Waals surface area (Å²) in [5, 5.41) is 8.93. The van der Waals surface area contributed by atoms with Crippen molar-refractivity contribution in [2.75, 3.05) is 6.61 Å². The second-order valence-corrected chi connectivity index (χ2v) is 4.35. The summed E-state index contributed by atoms with van der Waals surface area (Å²) in [6, 6.07) is 1.65. The number of hydrogen-bond acceptors (Lipinski definition) is 4. The van der Waals surface area contributed by atoms with E-state index in [0.717, 1.165) is 17.7 Å². The summed E-state index contributed by atoms with van der Waals surface area (Å²) in [6.45, 7) is 1.70. The SMILES string of the molecule is CCCc1cc(OCC(N)=O)c(C(=O)O)s1. The lowest BCUT2D eigenvalue weighted by Gasteiger charge is -2.01. The fourth-order valence-corrected chi connectivity index (χ4v) is 2.24. The molecule has 0 saturated heterocycles. The van der Waals surface area contributed by atoms with Crippen molar-refractivity contribution < 1.29 is 19.4 Å². The molecule has 1 aromatic rings. The molecule has 0 aliphatic carbocycles. The van der Waals surface area contributed by atoms with Crippen LogP contribution in [0.25, 0.3) is 0 Å². The number of aromatic carboxylic acids is 1. The number of amides is 1. The van der Waals surface area contributed by atoms with Gasteiger partial charge in [0.15, 0.2) is 11.5 Å². The second-order valence-electron chi connectivity index (χ2n) is 3.22. The van der Waals surface area contributed by atoms with Gasteiger partial charge in [0.1, 0.15) is 5.75 Å². The third kappa shape index (κ3) is 3.23. The van der Waals surface area contributed by atoms with Crippen LogP contribution in [0.15, 0.2) is 6.07 Å². The zero-order valence-electron chi connectivity index (χ0n) is 8.86. The number of primary amides is 1. The third-order valence-corrected chi connectivity index (χ3v) is 2.97. The Bertz CT molecular complexity index is 400. The minimum atomic E-state index is -1.05. The van der Waals surface area contributed by atoms with Crippen molar-refractivity contribution in [3.8, 4) is 5.75 Å². The van der Waals surface area contributed by atoms with Gasteiger partial charge in [-0.1, -0.05) is 13.3 Å². The topological polar surface area (TPSA) is 89.6 Å². The zero-order chi connectivity index (χ0) is 12.1. The highest BCUT2D eigenvalue weighted by Crippen LogP contribution is 2.30. The van der Waals surface area contributed by atoms with Crippen molar-refractivity contribution in [3.05, 3.63) is 15.8 Å². The molecule has 1 rings (SSSR count). The first-order chi connectivity index (χ1) is 7.54. The van der Waals surface area contributed by atoms with Crippen LogP contribution in [0.5, 0.6) is 5.75 Å². The van der Waals surface area contributed by atoms with Crippen LogP contribution in [0, 0.1) is 0 Å². The molecule has 0 aliphatic rings. The molecule has 0 unspecified atom stereocenters.